The topological polar surface area (TPSA) is 33.1 Å². The molecule has 0 atom stereocenters. The molecule has 0 aliphatic carbocycles. The number of hydrogen-bond donors (Lipinski definition) is 1. The second kappa shape index (κ2) is 4.97. The van der Waals surface area contributed by atoms with Crippen molar-refractivity contribution in [2.45, 2.75) is 20.8 Å². The Balaban J connectivity index is 0.000000461. The van der Waals surface area contributed by atoms with Gasteiger partial charge in [0.1, 0.15) is 0 Å². The van der Waals surface area contributed by atoms with Crippen LogP contribution in [0.15, 0.2) is 12.3 Å². The Bertz CT molecular complexity index is 205. The van der Waals surface area contributed by atoms with Crippen LogP contribution >= 0.6 is 11.6 Å². The molecule has 11 heavy (non-hydrogen) atoms. The zero-order valence-corrected chi connectivity index (χ0v) is 7.68. The van der Waals surface area contributed by atoms with E-state index in [1.54, 1.807) is 19.2 Å². The van der Waals surface area contributed by atoms with E-state index in [-0.39, 0.29) is 10.9 Å². The van der Waals surface area contributed by atoms with Crippen molar-refractivity contribution >= 4 is 11.6 Å². The maximum absolute atomic E-state index is 9.01. The van der Waals surface area contributed by atoms with Crippen LogP contribution in [0.25, 0.3) is 0 Å². The Morgan fingerprint density at radius 3 is 2.36 bits per heavy atom. The van der Waals surface area contributed by atoms with Crippen LogP contribution in [0.3, 0.4) is 0 Å². The van der Waals surface area contributed by atoms with Crippen LogP contribution in [0, 0.1) is 6.92 Å². The molecule has 1 aromatic rings. The first-order valence-corrected chi connectivity index (χ1v) is 3.89. The third kappa shape index (κ3) is 2.76. The van der Waals surface area contributed by atoms with Gasteiger partial charge in [-0.1, -0.05) is 25.4 Å². The van der Waals surface area contributed by atoms with Gasteiger partial charge < -0.3 is 5.11 Å². The van der Waals surface area contributed by atoms with Crippen LogP contribution in [0.2, 0.25) is 5.15 Å². The minimum atomic E-state index is 0.0687. The predicted octanol–water partition coefficient (Wildman–Crippen LogP) is 2.78. The molecule has 0 aliphatic heterocycles. The minimum Gasteiger partial charge on any atom is -0.505 e. The summed E-state index contributed by atoms with van der Waals surface area (Å²) in [5.74, 6) is 0.0687. The molecule has 0 aromatic carbocycles. The molecule has 1 N–H and O–H groups in total. The second-order valence-corrected chi connectivity index (χ2v) is 2.13. The van der Waals surface area contributed by atoms with Crippen molar-refractivity contribution in [1.29, 1.82) is 0 Å². The number of aromatic nitrogens is 1. The monoisotopic (exact) mass is 173 g/mol. The van der Waals surface area contributed by atoms with E-state index >= 15 is 0 Å². The molecular weight excluding hydrogens is 162 g/mol. The van der Waals surface area contributed by atoms with Gasteiger partial charge in [-0.3, -0.25) is 0 Å². The molecule has 1 heterocycles. The van der Waals surface area contributed by atoms with Crippen molar-refractivity contribution in [3.05, 3.63) is 23.0 Å². The Hall–Kier alpha value is -0.760. The molecule has 1 aromatic heterocycles. The van der Waals surface area contributed by atoms with Gasteiger partial charge in [-0.05, 0) is 18.6 Å². The van der Waals surface area contributed by atoms with Crippen molar-refractivity contribution in [2.24, 2.45) is 0 Å². The van der Waals surface area contributed by atoms with E-state index in [9.17, 15) is 0 Å². The summed E-state index contributed by atoms with van der Waals surface area (Å²) in [6, 6.07) is 1.70. The fraction of sp³-hybridized carbons (Fsp3) is 0.375. The van der Waals surface area contributed by atoms with Crippen LogP contribution in [-0.4, -0.2) is 10.1 Å². The van der Waals surface area contributed by atoms with E-state index in [0.29, 0.717) is 0 Å². The van der Waals surface area contributed by atoms with Gasteiger partial charge in [-0.15, -0.1) is 0 Å². The summed E-state index contributed by atoms with van der Waals surface area (Å²) in [5.41, 5.74) is 0.745. The normalized spacial score (nSPS) is 8.36. The second-order valence-electron chi connectivity index (χ2n) is 1.77. The summed E-state index contributed by atoms with van der Waals surface area (Å²) in [6.07, 6.45) is 1.55. The number of aryl methyl sites for hydroxylation is 1. The van der Waals surface area contributed by atoms with Gasteiger partial charge in [0.15, 0.2) is 10.9 Å². The molecule has 0 saturated carbocycles. The fourth-order valence-electron chi connectivity index (χ4n) is 0.517. The summed E-state index contributed by atoms with van der Waals surface area (Å²) in [5, 5.41) is 9.17. The Kier molecular flexibility index (Phi) is 4.62. The van der Waals surface area contributed by atoms with Crippen LogP contribution in [0.1, 0.15) is 19.4 Å². The van der Waals surface area contributed by atoms with Crippen molar-refractivity contribution < 1.29 is 5.11 Å². The van der Waals surface area contributed by atoms with E-state index in [1.807, 2.05) is 13.8 Å². The molecule has 2 nitrogen and oxygen atoms in total. The molecule has 0 fully saturated rings. The van der Waals surface area contributed by atoms with Crippen LogP contribution in [0.4, 0.5) is 0 Å². The van der Waals surface area contributed by atoms with Crippen molar-refractivity contribution in [3.8, 4) is 5.75 Å². The standard InChI is InChI=1S/C6H6ClNO.C2H6/c1-4-2-3-8-6(7)5(4)9;1-2/h2-3,9H,1H3;1-2H3. The first-order valence-electron chi connectivity index (χ1n) is 3.52. The average Bonchev–Trinajstić information content (AvgIpc) is 2.04. The third-order valence-electron chi connectivity index (χ3n) is 1.08. The van der Waals surface area contributed by atoms with Gasteiger partial charge in [-0.2, -0.15) is 0 Å². The molecule has 0 bridgehead atoms. The van der Waals surface area contributed by atoms with Crippen molar-refractivity contribution in [3.63, 3.8) is 0 Å². The van der Waals surface area contributed by atoms with Gasteiger partial charge >= 0.3 is 0 Å². The highest BCUT2D eigenvalue weighted by molar-refractivity contribution is 6.30. The quantitative estimate of drug-likeness (QED) is 0.612. The minimum absolute atomic E-state index is 0.0687. The average molecular weight is 174 g/mol. The number of nitrogens with zero attached hydrogens (tertiary/aromatic N) is 1. The lowest BCUT2D eigenvalue weighted by molar-refractivity contribution is 0.468. The lowest BCUT2D eigenvalue weighted by atomic mass is 10.3. The van der Waals surface area contributed by atoms with E-state index < -0.39 is 0 Å². The SMILES string of the molecule is CC.Cc1ccnc(Cl)c1O. The molecule has 0 radical (unpaired) electrons. The molecule has 3 heteroatoms. The zero-order valence-electron chi connectivity index (χ0n) is 6.93. The smallest absolute Gasteiger partial charge is 0.171 e. The molecular formula is C8H12ClNO. The summed E-state index contributed by atoms with van der Waals surface area (Å²) in [4.78, 5) is 3.65. The van der Waals surface area contributed by atoms with Crippen molar-refractivity contribution in [1.82, 2.24) is 4.98 Å². The van der Waals surface area contributed by atoms with Gasteiger partial charge in [-0.25, -0.2) is 4.98 Å². The van der Waals surface area contributed by atoms with Crippen LogP contribution in [-0.2, 0) is 0 Å². The van der Waals surface area contributed by atoms with Crippen LogP contribution in [0.5, 0.6) is 5.75 Å². The number of pyridine rings is 1. The van der Waals surface area contributed by atoms with E-state index in [0.717, 1.165) is 5.56 Å². The zero-order chi connectivity index (χ0) is 8.85. The summed E-state index contributed by atoms with van der Waals surface area (Å²) >= 11 is 5.45. The summed E-state index contributed by atoms with van der Waals surface area (Å²) in [6.45, 7) is 5.77. The number of rotatable bonds is 0. The number of hydrogen-bond acceptors (Lipinski definition) is 2. The Labute approximate surface area is 71.8 Å². The summed E-state index contributed by atoms with van der Waals surface area (Å²) < 4.78 is 0. The molecule has 0 amide bonds. The summed E-state index contributed by atoms with van der Waals surface area (Å²) in [7, 11) is 0. The van der Waals surface area contributed by atoms with Crippen LogP contribution < -0.4 is 0 Å². The highest BCUT2D eigenvalue weighted by Crippen LogP contribution is 2.22. The molecule has 62 valence electrons. The lowest BCUT2D eigenvalue weighted by Crippen LogP contribution is -1.78. The molecule has 0 spiro atoms. The first kappa shape index (κ1) is 10.2. The first-order chi connectivity index (χ1) is 5.22. The maximum atomic E-state index is 9.01. The van der Waals surface area contributed by atoms with E-state index in [4.69, 9.17) is 16.7 Å². The lowest BCUT2D eigenvalue weighted by Gasteiger charge is -1.96. The maximum Gasteiger partial charge on any atom is 0.171 e. The molecule has 1 rings (SSSR count). The van der Waals surface area contributed by atoms with Gasteiger partial charge in [0.25, 0.3) is 0 Å². The van der Waals surface area contributed by atoms with Crippen molar-refractivity contribution in [2.75, 3.05) is 0 Å². The Morgan fingerprint density at radius 1 is 1.45 bits per heavy atom. The van der Waals surface area contributed by atoms with Gasteiger partial charge in [0.2, 0.25) is 0 Å². The largest absolute Gasteiger partial charge is 0.505 e. The molecule has 0 aliphatic rings. The van der Waals surface area contributed by atoms with E-state index in [2.05, 4.69) is 4.98 Å². The number of aromatic hydroxyl groups is 1. The highest BCUT2D eigenvalue weighted by atomic mass is 35.5. The number of halogens is 1. The molecule has 0 unspecified atom stereocenters. The molecule has 0 saturated heterocycles. The highest BCUT2D eigenvalue weighted by Gasteiger charge is 1.99. The third-order valence-corrected chi connectivity index (χ3v) is 1.36. The Morgan fingerprint density at radius 2 is 2.00 bits per heavy atom. The van der Waals surface area contributed by atoms with E-state index in [1.165, 1.54) is 0 Å². The van der Waals surface area contributed by atoms with Gasteiger partial charge in [0, 0.05) is 6.20 Å². The fourth-order valence-corrected chi connectivity index (χ4v) is 0.723. The predicted molar refractivity (Wildman–Crippen MR) is 47.0 cm³/mol. The van der Waals surface area contributed by atoms with Gasteiger partial charge in [0.05, 0.1) is 0 Å².